The van der Waals surface area contributed by atoms with Gasteiger partial charge in [0.05, 0.1) is 11.6 Å². The molecule has 4 heteroatoms. The minimum Gasteiger partial charge on any atom is -0.306 e. The molecule has 2 heterocycles. The maximum atomic E-state index is 4.47. The van der Waals surface area contributed by atoms with E-state index in [0.717, 1.165) is 18.5 Å². The molecule has 0 amide bonds. The molecule has 1 aromatic carbocycles. The molecule has 2 nitrogen and oxygen atoms in total. The van der Waals surface area contributed by atoms with Crippen molar-refractivity contribution >= 4 is 38.2 Å². The summed E-state index contributed by atoms with van der Waals surface area (Å²) in [4.78, 5) is 4.47. The highest BCUT2D eigenvalue weighted by Gasteiger charge is 2.19. The molecule has 0 radical (unpaired) electrons. The van der Waals surface area contributed by atoms with Crippen molar-refractivity contribution < 1.29 is 0 Å². The van der Waals surface area contributed by atoms with Crippen LogP contribution in [-0.4, -0.2) is 11.5 Å². The van der Waals surface area contributed by atoms with E-state index in [9.17, 15) is 0 Å². The molecule has 3 rings (SSSR count). The summed E-state index contributed by atoms with van der Waals surface area (Å²) in [7, 11) is 0. The molecule has 1 N–H and O–H groups in total. The summed E-state index contributed by atoms with van der Waals surface area (Å²) in [5.74, 6) is 0. The van der Waals surface area contributed by atoms with E-state index in [2.05, 4.69) is 68.2 Å². The summed E-state index contributed by atoms with van der Waals surface area (Å²) in [5, 5.41) is 9.24. The van der Waals surface area contributed by atoms with E-state index >= 15 is 0 Å². The molecule has 3 aromatic rings. The van der Waals surface area contributed by atoms with Gasteiger partial charge < -0.3 is 5.32 Å². The van der Waals surface area contributed by atoms with Gasteiger partial charge in [0.1, 0.15) is 0 Å². The van der Waals surface area contributed by atoms with Gasteiger partial charge in [0, 0.05) is 21.4 Å². The average Bonchev–Trinajstić information content (AvgIpc) is 2.94. The number of halogens is 1. The molecule has 21 heavy (non-hydrogen) atoms. The van der Waals surface area contributed by atoms with E-state index in [-0.39, 0.29) is 6.04 Å². The summed E-state index contributed by atoms with van der Waals surface area (Å²) in [6.07, 6.45) is 2.96. The van der Waals surface area contributed by atoms with Gasteiger partial charge in [-0.15, -0.1) is 0 Å². The van der Waals surface area contributed by atoms with Gasteiger partial charge in [-0.1, -0.05) is 25.1 Å². The van der Waals surface area contributed by atoms with Crippen LogP contribution in [0.15, 0.2) is 51.8 Å². The van der Waals surface area contributed by atoms with Gasteiger partial charge in [0.2, 0.25) is 0 Å². The van der Waals surface area contributed by atoms with Crippen molar-refractivity contribution in [1.82, 2.24) is 10.3 Å². The monoisotopic (exact) mass is 360 g/mol. The van der Waals surface area contributed by atoms with Crippen LogP contribution in [0.4, 0.5) is 0 Å². The Morgan fingerprint density at radius 2 is 2.10 bits per heavy atom. The van der Waals surface area contributed by atoms with Gasteiger partial charge in [-0.25, -0.2) is 0 Å². The molecule has 1 atom stereocenters. The summed E-state index contributed by atoms with van der Waals surface area (Å²) < 4.78 is 1.17. The third kappa shape index (κ3) is 3.03. The fourth-order valence-corrected chi connectivity index (χ4v) is 4.10. The highest BCUT2D eigenvalue weighted by molar-refractivity contribution is 9.10. The largest absolute Gasteiger partial charge is 0.306 e. The number of rotatable bonds is 5. The number of pyridine rings is 1. The van der Waals surface area contributed by atoms with Crippen molar-refractivity contribution in [2.45, 2.75) is 19.4 Å². The Bertz CT molecular complexity index is 733. The van der Waals surface area contributed by atoms with Crippen LogP contribution in [0.3, 0.4) is 0 Å². The number of nitrogens with zero attached hydrogens (tertiary/aromatic N) is 1. The fourth-order valence-electron chi connectivity index (χ4n) is 2.55. The van der Waals surface area contributed by atoms with E-state index < -0.39 is 0 Å². The Hall–Kier alpha value is -1.23. The summed E-state index contributed by atoms with van der Waals surface area (Å²) in [6.45, 7) is 3.18. The summed E-state index contributed by atoms with van der Waals surface area (Å²) in [6, 6.07) is 10.7. The number of thiophene rings is 1. The second-order valence-electron chi connectivity index (χ2n) is 4.98. The second-order valence-corrected chi connectivity index (χ2v) is 6.58. The van der Waals surface area contributed by atoms with Gasteiger partial charge in [0.15, 0.2) is 0 Å². The topological polar surface area (TPSA) is 24.9 Å². The maximum Gasteiger partial charge on any atom is 0.0705 e. The lowest BCUT2D eigenvalue weighted by Gasteiger charge is -2.20. The van der Waals surface area contributed by atoms with Crippen molar-refractivity contribution in [2.75, 3.05) is 6.54 Å². The van der Waals surface area contributed by atoms with Gasteiger partial charge in [-0.2, -0.15) is 11.3 Å². The minimum atomic E-state index is 0.193. The fraction of sp³-hybridized carbons (Fsp3) is 0.235. The lowest BCUT2D eigenvalue weighted by Crippen LogP contribution is -2.23. The first-order valence-corrected chi connectivity index (χ1v) is 8.83. The van der Waals surface area contributed by atoms with E-state index in [0.29, 0.717) is 0 Å². The third-order valence-electron chi connectivity index (χ3n) is 3.54. The van der Waals surface area contributed by atoms with Crippen molar-refractivity contribution in [3.63, 3.8) is 0 Å². The number of aromatic nitrogens is 1. The quantitative estimate of drug-likeness (QED) is 0.680. The Morgan fingerprint density at radius 1 is 1.19 bits per heavy atom. The summed E-state index contributed by atoms with van der Waals surface area (Å²) >= 11 is 5.40. The Kier molecular flexibility index (Phi) is 4.68. The second kappa shape index (κ2) is 6.69. The third-order valence-corrected chi connectivity index (χ3v) is 5.29. The van der Waals surface area contributed by atoms with Gasteiger partial charge in [-0.05, 0) is 57.5 Å². The molecule has 108 valence electrons. The van der Waals surface area contributed by atoms with Crippen LogP contribution in [0, 0.1) is 0 Å². The number of fused-ring (bicyclic) bond motifs is 1. The maximum absolute atomic E-state index is 4.47. The first kappa shape index (κ1) is 14.7. The van der Waals surface area contributed by atoms with E-state index in [1.165, 1.54) is 21.0 Å². The molecule has 0 spiro atoms. The molecule has 1 unspecified atom stereocenters. The lowest BCUT2D eigenvalue weighted by molar-refractivity contribution is 0.601. The highest BCUT2D eigenvalue weighted by atomic mass is 79.9. The molecule has 0 saturated heterocycles. The molecule has 0 aliphatic carbocycles. The van der Waals surface area contributed by atoms with Crippen molar-refractivity contribution in [1.29, 1.82) is 0 Å². The van der Waals surface area contributed by atoms with Gasteiger partial charge >= 0.3 is 0 Å². The van der Waals surface area contributed by atoms with E-state index in [4.69, 9.17) is 0 Å². The number of nitrogens with one attached hydrogen (secondary N) is 1. The van der Waals surface area contributed by atoms with Crippen LogP contribution in [-0.2, 0) is 0 Å². The standard InChI is InChI=1S/C17H17BrN2S/c1-2-8-20-17(14-10-21-11-15(14)18)13-5-3-7-16-12(13)6-4-9-19-16/h3-7,9-11,17,20H,2,8H2,1H3. The molecule has 2 aromatic heterocycles. The van der Waals surface area contributed by atoms with Crippen LogP contribution in [0.25, 0.3) is 10.9 Å². The molecule has 0 bridgehead atoms. The number of hydrogen-bond acceptors (Lipinski definition) is 3. The number of benzene rings is 1. The lowest BCUT2D eigenvalue weighted by atomic mass is 9.97. The molecule has 0 aliphatic heterocycles. The Balaban J connectivity index is 2.12. The van der Waals surface area contributed by atoms with E-state index in [1.54, 1.807) is 11.3 Å². The summed E-state index contributed by atoms with van der Waals surface area (Å²) in [5.41, 5.74) is 3.63. The predicted molar refractivity (Wildman–Crippen MR) is 93.9 cm³/mol. The molecular weight excluding hydrogens is 344 g/mol. The molecule has 0 saturated carbocycles. The van der Waals surface area contributed by atoms with Crippen LogP contribution in [0.1, 0.15) is 30.5 Å². The Morgan fingerprint density at radius 3 is 2.86 bits per heavy atom. The van der Waals surface area contributed by atoms with Crippen LogP contribution >= 0.6 is 27.3 Å². The SMILES string of the molecule is CCCNC(c1cscc1Br)c1cccc2ncccc12. The van der Waals surface area contributed by atoms with Crippen molar-refractivity contribution in [2.24, 2.45) is 0 Å². The van der Waals surface area contributed by atoms with Crippen LogP contribution in [0.2, 0.25) is 0 Å². The zero-order valence-corrected chi connectivity index (χ0v) is 14.2. The first-order valence-electron chi connectivity index (χ1n) is 7.10. The van der Waals surface area contributed by atoms with Gasteiger partial charge in [-0.3, -0.25) is 4.98 Å². The zero-order valence-electron chi connectivity index (χ0n) is 11.8. The zero-order chi connectivity index (χ0) is 14.7. The number of hydrogen-bond donors (Lipinski definition) is 1. The Labute approximate surface area is 137 Å². The van der Waals surface area contributed by atoms with Crippen molar-refractivity contribution in [3.05, 3.63) is 62.9 Å². The molecular formula is C17H17BrN2S. The molecule has 0 aliphatic rings. The normalized spacial score (nSPS) is 12.7. The molecule has 0 fully saturated rings. The first-order chi connectivity index (χ1) is 10.3. The predicted octanol–water partition coefficient (Wildman–Crippen LogP) is 5.15. The smallest absolute Gasteiger partial charge is 0.0705 e. The van der Waals surface area contributed by atoms with Crippen molar-refractivity contribution in [3.8, 4) is 0 Å². The van der Waals surface area contributed by atoms with Gasteiger partial charge in [0.25, 0.3) is 0 Å². The van der Waals surface area contributed by atoms with E-state index in [1.807, 2.05) is 12.3 Å². The highest BCUT2D eigenvalue weighted by Crippen LogP contribution is 2.34. The van der Waals surface area contributed by atoms with Crippen LogP contribution < -0.4 is 5.32 Å². The minimum absolute atomic E-state index is 0.193. The average molecular weight is 361 g/mol. The van der Waals surface area contributed by atoms with Crippen LogP contribution in [0.5, 0.6) is 0 Å².